The van der Waals surface area contributed by atoms with Crippen LogP contribution in [0, 0.1) is 30.3 Å². The Labute approximate surface area is 193 Å². The molecule has 0 N–H and O–H groups in total. The van der Waals surface area contributed by atoms with Crippen molar-refractivity contribution in [3.63, 3.8) is 0 Å². The number of carbonyl (C=O) groups excluding carboxylic acids is 4. The molecule has 6 unspecified atom stereocenters. The molecule has 12 nitrogen and oxygen atoms in total. The number of methoxy groups -OCH3 is 1. The first-order valence-corrected chi connectivity index (χ1v) is 11.7. The molecule has 194 valence electrons. The van der Waals surface area contributed by atoms with E-state index in [2.05, 4.69) is 4.74 Å². The van der Waals surface area contributed by atoms with Crippen LogP contribution in [0.15, 0.2) is 0 Å². The van der Waals surface area contributed by atoms with Crippen LogP contribution in [0.3, 0.4) is 0 Å². The number of ether oxygens (including phenoxy) is 4. The van der Waals surface area contributed by atoms with Crippen LogP contribution in [-0.4, -0.2) is 85.5 Å². The number of carbonyl (C=O) groups is 4. The van der Waals surface area contributed by atoms with E-state index < -0.39 is 83.0 Å². The van der Waals surface area contributed by atoms with Crippen LogP contribution in [0.2, 0.25) is 0 Å². The molecule has 3 aliphatic rings. The number of hydrogen-bond donors (Lipinski definition) is 0. The first-order chi connectivity index (χ1) is 15.7. The SMILES string of the molecule is COC(=O)C1C2CC3C1C(=O)N(C(C)C)C3C2OC(=O)COCC(=O)O[CH-]C(F)(F)S(=O)(=O)[O-].[Rf]. The summed E-state index contributed by atoms with van der Waals surface area (Å²) in [7, 11) is -4.87. The van der Waals surface area contributed by atoms with Gasteiger partial charge < -0.3 is 28.4 Å². The average molecular weight is 778 g/mol. The third-order valence-corrected chi connectivity index (χ3v) is 7.07. The van der Waals surface area contributed by atoms with Gasteiger partial charge >= 0.3 is 17.9 Å². The molecule has 1 saturated heterocycles. The van der Waals surface area contributed by atoms with Crippen molar-refractivity contribution in [2.45, 2.75) is 43.7 Å². The molecule has 3 rings (SSSR count). The summed E-state index contributed by atoms with van der Waals surface area (Å²) in [5.41, 5.74) is 0. The molecule has 0 aromatic carbocycles. The zero-order valence-electron chi connectivity index (χ0n) is 19.0. The summed E-state index contributed by atoms with van der Waals surface area (Å²) in [5, 5.41) is -4.93. The van der Waals surface area contributed by atoms with E-state index in [9.17, 15) is 40.9 Å². The molecule has 0 aromatic heterocycles. The number of esters is 3. The van der Waals surface area contributed by atoms with Gasteiger partial charge in [-0.25, -0.2) is 22.0 Å². The van der Waals surface area contributed by atoms with Gasteiger partial charge in [-0.05, 0) is 26.2 Å². The maximum atomic E-state index is 13.0. The fraction of sp³-hybridized carbons (Fsp3) is 0.737. The van der Waals surface area contributed by atoms with Gasteiger partial charge in [0.1, 0.15) is 29.4 Å². The second-order valence-electron chi connectivity index (χ2n) is 8.54. The quantitative estimate of drug-likeness (QED) is 0.121. The summed E-state index contributed by atoms with van der Waals surface area (Å²) in [6.07, 6.45) is -0.321. The van der Waals surface area contributed by atoms with Crippen molar-refractivity contribution in [2.75, 3.05) is 20.3 Å². The number of halogens is 2. The van der Waals surface area contributed by atoms with E-state index in [-0.39, 0.29) is 17.9 Å². The van der Waals surface area contributed by atoms with Gasteiger partial charge in [-0.1, -0.05) is 6.61 Å². The first-order valence-electron chi connectivity index (χ1n) is 10.3. The van der Waals surface area contributed by atoms with Gasteiger partial charge in [-0.3, -0.25) is 14.4 Å². The molecular weight excluding hydrogens is 755 g/mol. The van der Waals surface area contributed by atoms with Gasteiger partial charge in [-0.2, -0.15) is 0 Å². The topological polar surface area (TPSA) is 166 Å². The Balaban J connectivity index is 0.00000432. The molecule has 3 fully saturated rings. The van der Waals surface area contributed by atoms with Crippen LogP contribution in [0.1, 0.15) is 20.3 Å². The molecule has 0 aromatic rings. The third kappa shape index (κ3) is 4.89. The Hall–Kier alpha value is -3.39. The number of fused-ring (bicyclic) bond motifs is 1. The molecule has 0 radical (unpaired) electrons. The van der Waals surface area contributed by atoms with Crippen LogP contribution in [0.4, 0.5) is 8.78 Å². The zero-order valence-corrected chi connectivity index (χ0v) is 26.3. The molecule has 1 aliphatic heterocycles. The molecule has 2 bridgehead atoms. The predicted octanol–water partition coefficient (Wildman–Crippen LogP) is -0.568. The number of nitrogens with zero attached hydrogens (tertiary/aromatic N) is 1. The van der Waals surface area contributed by atoms with Crippen molar-refractivity contribution >= 4 is 33.9 Å². The molecule has 1 amide bonds. The Kier molecular flexibility index (Phi) is 7.72. The average Bonchev–Trinajstić information content (AvgIpc) is 3.33. The summed E-state index contributed by atoms with van der Waals surface area (Å²) in [4.78, 5) is 50.6. The number of alkyl halides is 2. The zero-order chi connectivity index (χ0) is 25.6. The molecule has 35 heavy (non-hydrogen) atoms. The maximum Gasteiger partial charge on any atom is 0.332 e. The van der Waals surface area contributed by atoms with E-state index in [0.29, 0.717) is 6.42 Å². The van der Waals surface area contributed by atoms with E-state index >= 15 is 0 Å². The van der Waals surface area contributed by atoms with E-state index in [1.165, 1.54) is 7.11 Å². The van der Waals surface area contributed by atoms with Crippen molar-refractivity contribution in [3.8, 4) is 0 Å². The first kappa shape index (κ1) is 27.9. The fourth-order valence-corrected chi connectivity index (χ4v) is 5.36. The minimum absolute atomic E-state index is 0. The van der Waals surface area contributed by atoms with Crippen LogP contribution in [0.5, 0.6) is 0 Å². The smallest absolute Gasteiger partial charge is 0.332 e. The molecule has 2 aliphatic carbocycles. The molecular formula is C19H23F2NO11RfS-2. The summed E-state index contributed by atoms with van der Waals surface area (Å²) >= 11 is 0. The third-order valence-electron chi connectivity index (χ3n) is 6.31. The fourth-order valence-electron chi connectivity index (χ4n) is 5.19. The molecule has 6 atom stereocenters. The van der Waals surface area contributed by atoms with E-state index in [1.807, 2.05) is 0 Å². The summed E-state index contributed by atoms with van der Waals surface area (Å²) in [6, 6.07) is -0.636. The van der Waals surface area contributed by atoms with Gasteiger partial charge in [-0.15, -0.1) is 0 Å². The van der Waals surface area contributed by atoms with Crippen molar-refractivity contribution < 1.29 is 59.9 Å². The van der Waals surface area contributed by atoms with Crippen LogP contribution in [0.25, 0.3) is 0 Å². The second kappa shape index (κ2) is 9.70. The Bertz CT molecular complexity index is 976. The van der Waals surface area contributed by atoms with Gasteiger partial charge in [0.05, 0.1) is 25.0 Å². The Morgan fingerprint density at radius 1 is 1.20 bits per heavy atom. The van der Waals surface area contributed by atoms with Crippen molar-refractivity contribution in [1.29, 1.82) is 0 Å². The van der Waals surface area contributed by atoms with E-state index in [1.54, 1.807) is 18.7 Å². The van der Waals surface area contributed by atoms with Gasteiger partial charge in [0.25, 0.3) is 5.25 Å². The molecule has 1 heterocycles. The van der Waals surface area contributed by atoms with Crippen LogP contribution < -0.4 is 0 Å². The maximum absolute atomic E-state index is 13.0. The van der Waals surface area contributed by atoms with Gasteiger partial charge in [0.2, 0.25) is 5.91 Å². The normalized spacial score (nSPS) is 29.2. The van der Waals surface area contributed by atoms with Crippen molar-refractivity contribution in [2.24, 2.45) is 23.7 Å². The standard InChI is InChI=1S/C19H24F2NO11S.Rf/c1-8(2)22-15-9-4-10(14(18(26)30-3)13(9)17(22)25)16(15)33-12(24)6-31-5-11(23)32-7-19(20,21)34(27,28)29;/h7-10,13-16H,4-6H2,1-3H3,(H,27,28,29);/q-1;/p-1. The summed E-state index contributed by atoms with van der Waals surface area (Å²) in [6.45, 7) is 1.04. The van der Waals surface area contributed by atoms with Crippen LogP contribution in [-0.2, 0) is 48.2 Å². The van der Waals surface area contributed by atoms with E-state index in [0.717, 1.165) is 0 Å². The Morgan fingerprint density at radius 2 is 1.80 bits per heavy atom. The predicted molar refractivity (Wildman–Crippen MR) is 102 cm³/mol. The van der Waals surface area contributed by atoms with E-state index in [4.69, 9.17) is 14.2 Å². The second-order valence-corrected chi connectivity index (χ2v) is 9.99. The molecule has 2 saturated carbocycles. The largest absolute Gasteiger partial charge is 0.746 e. The van der Waals surface area contributed by atoms with Gasteiger partial charge in [0, 0.05) is 12.0 Å². The summed E-state index contributed by atoms with van der Waals surface area (Å²) in [5.74, 6) is -5.13. The number of hydrogen-bond acceptors (Lipinski definition) is 11. The minimum atomic E-state index is -6.07. The molecule has 16 heteroatoms. The minimum Gasteiger partial charge on any atom is -0.746 e. The number of amides is 1. The number of rotatable bonds is 10. The monoisotopic (exact) mass is 778 g/mol. The van der Waals surface area contributed by atoms with Gasteiger partial charge in [0.15, 0.2) is 0 Å². The Morgan fingerprint density at radius 3 is 2.34 bits per heavy atom. The molecule has 0 spiro atoms. The van der Waals surface area contributed by atoms with Crippen molar-refractivity contribution in [3.05, 3.63) is 6.61 Å². The van der Waals surface area contributed by atoms with Crippen LogP contribution >= 0.6 is 0 Å². The number of likely N-dealkylation sites (tertiary alicyclic amines) is 1. The summed E-state index contributed by atoms with van der Waals surface area (Å²) < 4.78 is 75.9. The van der Waals surface area contributed by atoms with Crippen molar-refractivity contribution in [1.82, 2.24) is 4.90 Å².